The molecule has 1 saturated heterocycles. The van der Waals surface area contributed by atoms with E-state index in [0.717, 1.165) is 0 Å². The third-order valence-corrected chi connectivity index (χ3v) is 3.65. The number of aryl methyl sites for hydroxylation is 1. The van der Waals surface area contributed by atoms with Gasteiger partial charge in [-0.25, -0.2) is 4.79 Å². The molecule has 0 bridgehead atoms. The molecule has 0 unspecified atom stereocenters. The molecule has 8 nitrogen and oxygen atoms in total. The molecule has 102 valence electrons. The number of alkyl halides is 1. The maximum Gasteiger partial charge on any atom is 0.330 e. The van der Waals surface area contributed by atoms with Crippen LogP contribution in [0.5, 0.6) is 0 Å². The zero-order valence-electron chi connectivity index (χ0n) is 10.1. The largest absolute Gasteiger partial charge is 0.353 e. The van der Waals surface area contributed by atoms with Gasteiger partial charge in [-0.3, -0.25) is 14.3 Å². The molecule has 1 N–H and O–H groups in total. The summed E-state index contributed by atoms with van der Waals surface area (Å²) in [5.41, 5.74) is 7.98. The van der Waals surface area contributed by atoms with Crippen molar-refractivity contribution in [2.24, 2.45) is 5.11 Å². The van der Waals surface area contributed by atoms with E-state index in [4.69, 9.17) is 10.3 Å². The highest BCUT2D eigenvalue weighted by molar-refractivity contribution is 9.09. The summed E-state index contributed by atoms with van der Waals surface area (Å²) in [6.45, 7) is 1.61. The predicted octanol–water partition coefficient (Wildman–Crippen LogP) is 1.21. The number of halogens is 1. The normalized spacial score (nSPS) is 26.1. The lowest BCUT2D eigenvalue weighted by atomic mass is 10.1. The molecule has 0 saturated carbocycles. The Kier molecular flexibility index (Phi) is 4.08. The molecule has 19 heavy (non-hydrogen) atoms. The predicted molar refractivity (Wildman–Crippen MR) is 71.3 cm³/mol. The van der Waals surface area contributed by atoms with Gasteiger partial charge in [-0.05, 0) is 12.5 Å². The summed E-state index contributed by atoms with van der Waals surface area (Å²) >= 11 is 3.28. The molecule has 2 heterocycles. The Hall–Kier alpha value is -1.57. The fourth-order valence-electron chi connectivity index (χ4n) is 2.01. The Bertz CT molecular complexity index is 633. The maximum atomic E-state index is 11.8. The first-order valence-corrected chi connectivity index (χ1v) is 6.76. The minimum absolute atomic E-state index is 0.292. The Labute approximate surface area is 116 Å². The van der Waals surface area contributed by atoms with Crippen molar-refractivity contribution >= 4 is 15.9 Å². The van der Waals surface area contributed by atoms with Crippen molar-refractivity contribution in [3.05, 3.63) is 43.0 Å². The van der Waals surface area contributed by atoms with Crippen LogP contribution >= 0.6 is 15.9 Å². The SMILES string of the molecule is Cc1cn([C@H]2C[C@H](N=[N+]=[N-])[C@@H](CBr)O2)c(=O)[nH]c1=O. The first-order valence-electron chi connectivity index (χ1n) is 5.64. The number of azide groups is 1. The van der Waals surface area contributed by atoms with Crippen LogP contribution in [0.4, 0.5) is 0 Å². The van der Waals surface area contributed by atoms with Crippen LogP contribution in [0.3, 0.4) is 0 Å². The highest BCUT2D eigenvalue weighted by Gasteiger charge is 2.35. The Morgan fingerprint density at radius 3 is 3.05 bits per heavy atom. The second kappa shape index (κ2) is 5.60. The summed E-state index contributed by atoms with van der Waals surface area (Å²) in [4.78, 5) is 28.1. The summed E-state index contributed by atoms with van der Waals surface area (Å²) in [7, 11) is 0. The second-order valence-electron chi connectivity index (χ2n) is 4.27. The Morgan fingerprint density at radius 1 is 1.68 bits per heavy atom. The van der Waals surface area contributed by atoms with Crippen molar-refractivity contribution in [1.82, 2.24) is 9.55 Å². The number of nitrogens with zero attached hydrogens (tertiary/aromatic N) is 4. The van der Waals surface area contributed by atoms with Crippen LogP contribution in [0.1, 0.15) is 18.2 Å². The molecular formula is C10H12BrN5O3. The standard InChI is InChI=1S/C10H12BrN5O3/c1-5-4-16(10(18)13-9(5)17)8-2-6(14-15-12)7(3-11)19-8/h4,6-8H,2-3H2,1H3,(H,13,17,18)/t6-,7+,8+/m0/s1. The molecule has 0 spiro atoms. The third kappa shape index (κ3) is 2.73. The van der Waals surface area contributed by atoms with Gasteiger partial charge in [0.15, 0.2) is 0 Å². The summed E-state index contributed by atoms with van der Waals surface area (Å²) in [5, 5.41) is 4.16. The summed E-state index contributed by atoms with van der Waals surface area (Å²) in [6.07, 6.45) is 1.02. The van der Waals surface area contributed by atoms with Crippen molar-refractivity contribution in [1.29, 1.82) is 0 Å². The van der Waals surface area contributed by atoms with Gasteiger partial charge in [0.2, 0.25) is 0 Å². The molecule has 0 amide bonds. The molecule has 0 aromatic carbocycles. The lowest BCUT2D eigenvalue weighted by Gasteiger charge is -2.14. The quantitative estimate of drug-likeness (QED) is 0.389. The van der Waals surface area contributed by atoms with Crippen LogP contribution in [-0.4, -0.2) is 27.0 Å². The maximum absolute atomic E-state index is 11.8. The van der Waals surface area contributed by atoms with Gasteiger partial charge in [0.1, 0.15) is 6.23 Å². The minimum Gasteiger partial charge on any atom is -0.353 e. The van der Waals surface area contributed by atoms with E-state index in [0.29, 0.717) is 17.3 Å². The summed E-state index contributed by atoms with van der Waals surface area (Å²) < 4.78 is 6.99. The van der Waals surface area contributed by atoms with E-state index in [1.54, 1.807) is 6.92 Å². The van der Waals surface area contributed by atoms with Gasteiger partial charge in [0.05, 0.1) is 12.1 Å². The number of nitrogens with one attached hydrogen (secondary N) is 1. The van der Waals surface area contributed by atoms with E-state index >= 15 is 0 Å². The summed E-state index contributed by atoms with van der Waals surface area (Å²) in [6, 6.07) is -0.339. The molecule has 0 aliphatic carbocycles. The van der Waals surface area contributed by atoms with Crippen molar-refractivity contribution in [2.45, 2.75) is 31.7 Å². The van der Waals surface area contributed by atoms with Crippen LogP contribution in [0.15, 0.2) is 20.9 Å². The van der Waals surface area contributed by atoms with Gasteiger partial charge in [0, 0.05) is 28.4 Å². The van der Waals surface area contributed by atoms with E-state index < -0.39 is 17.5 Å². The molecule has 1 aromatic heterocycles. The molecule has 0 radical (unpaired) electrons. The molecule has 1 aliphatic rings. The van der Waals surface area contributed by atoms with Gasteiger partial charge in [-0.2, -0.15) is 0 Å². The number of ether oxygens (including phenoxy) is 1. The van der Waals surface area contributed by atoms with Crippen LogP contribution in [0.25, 0.3) is 10.4 Å². The van der Waals surface area contributed by atoms with Crippen LogP contribution in [-0.2, 0) is 4.74 Å². The number of hydrogen-bond donors (Lipinski definition) is 1. The number of rotatable bonds is 3. The van der Waals surface area contributed by atoms with Crippen molar-refractivity contribution in [3.63, 3.8) is 0 Å². The van der Waals surface area contributed by atoms with Crippen molar-refractivity contribution in [3.8, 4) is 0 Å². The second-order valence-corrected chi connectivity index (χ2v) is 4.92. The Morgan fingerprint density at radius 2 is 2.42 bits per heavy atom. The van der Waals surface area contributed by atoms with E-state index in [1.807, 2.05) is 0 Å². The van der Waals surface area contributed by atoms with Crippen LogP contribution in [0.2, 0.25) is 0 Å². The average molecular weight is 330 g/mol. The molecule has 1 aliphatic heterocycles. The molecule has 1 fully saturated rings. The molecule has 1 aromatic rings. The Balaban J connectivity index is 2.34. The lowest BCUT2D eigenvalue weighted by Crippen LogP contribution is -2.33. The molecule has 3 atom stereocenters. The zero-order chi connectivity index (χ0) is 14.0. The number of H-pyrrole nitrogens is 1. The van der Waals surface area contributed by atoms with Crippen molar-refractivity contribution in [2.75, 3.05) is 5.33 Å². The first-order chi connectivity index (χ1) is 9.06. The zero-order valence-corrected chi connectivity index (χ0v) is 11.7. The molecule has 9 heteroatoms. The third-order valence-electron chi connectivity index (χ3n) is 3.01. The van der Waals surface area contributed by atoms with E-state index in [2.05, 4.69) is 30.9 Å². The molecule has 2 rings (SSSR count). The van der Waals surface area contributed by atoms with E-state index in [1.165, 1.54) is 10.8 Å². The van der Waals surface area contributed by atoms with E-state index in [-0.39, 0.29) is 12.1 Å². The number of aromatic amines is 1. The van der Waals surface area contributed by atoms with Crippen molar-refractivity contribution < 1.29 is 4.74 Å². The van der Waals surface area contributed by atoms with Gasteiger partial charge >= 0.3 is 5.69 Å². The topological polar surface area (TPSA) is 113 Å². The average Bonchev–Trinajstić information content (AvgIpc) is 2.77. The number of aromatic nitrogens is 2. The highest BCUT2D eigenvalue weighted by atomic mass is 79.9. The van der Waals surface area contributed by atoms with Gasteiger partial charge in [0.25, 0.3) is 5.56 Å². The fraction of sp³-hybridized carbons (Fsp3) is 0.600. The number of hydrogen-bond acceptors (Lipinski definition) is 4. The lowest BCUT2D eigenvalue weighted by molar-refractivity contribution is 0.00869. The van der Waals surface area contributed by atoms with Gasteiger partial charge in [-0.15, -0.1) is 0 Å². The van der Waals surface area contributed by atoms with Crippen LogP contribution < -0.4 is 11.2 Å². The fourth-order valence-corrected chi connectivity index (χ4v) is 2.60. The first kappa shape index (κ1) is 13.9. The smallest absolute Gasteiger partial charge is 0.330 e. The monoisotopic (exact) mass is 329 g/mol. The minimum atomic E-state index is -0.541. The summed E-state index contributed by atoms with van der Waals surface area (Å²) in [5.74, 6) is 0. The highest BCUT2D eigenvalue weighted by Crippen LogP contribution is 2.30. The van der Waals surface area contributed by atoms with Crippen LogP contribution in [0, 0.1) is 6.92 Å². The van der Waals surface area contributed by atoms with E-state index in [9.17, 15) is 9.59 Å². The van der Waals surface area contributed by atoms with Gasteiger partial charge in [-0.1, -0.05) is 21.0 Å². The molecular weight excluding hydrogens is 318 g/mol. The van der Waals surface area contributed by atoms with Gasteiger partial charge < -0.3 is 4.74 Å².